The molecule has 9 heteroatoms. The molecule has 0 spiro atoms. The monoisotopic (exact) mass is 522 g/mol. The Kier molecular flexibility index (Phi) is 7.54. The van der Waals surface area contributed by atoms with Crippen molar-refractivity contribution in [3.63, 3.8) is 0 Å². The van der Waals surface area contributed by atoms with Gasteiger partial charge in [0.2, 0.25) is 0 Å². The molecule has 7 nitrogen and oxygen atoms in total. The van der Waals surface area contributed by atoms with Gasteiger partial charge in [0.25, 0.3) is 5.91 Å². The molecule has 0 atom stereocenters. The SMILES string of the molecule is CC(C)(O)CCC(=O)c1cc(NC(=O)c2cc(-c3ccccn3)c(Cl)cc2Cl)n(-c2ccccc2)n1. The molecule has 4 rings (SSSR count). The first-order chi connectivity index (χ1) is 17.1. The van der Waals surface area contributed by atoms with Crippen LogP contribution in [0.15, 0.2) is 72.9 Å². The topological polar surface area (TPSA) is 97.1 Å². The van der Waals surface area contributed by atoms with E-state index in [4.69, 9.17) is 23.2 Å². The van der Waals surface area contributed by atoms with Gasteiger partial charge in [0.15, 0.2) is 5.78 Å². The van der Waals surface area contributed by atoms with Crippen molar-refractivity contribution in [1.82, 2.24) is 14.8 Å². The number of carbonyl (C=O) groups excluding carboxylic acids is 2. The molecule has 0 fully saturated rings. The van der Waals surface area contributed by atoms with E-state index in [2.05, 4.69) is 15.4 Å². The fraction of sp³-hybridized carbons (Fsp3) is 0.185. The maximum Gasteiger partial charge on any atom is 0.258 e. The third-order valence-corrected chi connectivity index (χ3v) is 6.07. The van der Waals surface area contributed by atoms with Crippen LogP contribution in [-0.2, 0) is 0 Å². The minimum Gasteiger partial charge on any atom is -0.390 e. The van der Waals surface area contributed by atoms with Gasteiger partial charge in [-0.05, 0) is 56.7 Å². The van der Waals surface area contributed by atoms with Gasteiger partial charge in [0, 0.05) is 24.2 Å². The Labute approximate surface area is 218 Å². The van der Waals surface area contributed by atoms with Gasteiger partial charge in [-0.3, -0.25) is 14.6 Å². The first-order valence-corrected chi connectivity index (χ1v) is 12.0. The summed E-state index contributed by atoms with van der Waals surface area (Å²) in [5.74, 6) is -0.450. The number of aliphatic hydroxyl groups is 1. The lowest BCUT2D eigenvalue weighted by Gasteiger charge is -2.15. The van der Waals surface area contributed by atoms with Crippen molar-refractivity contribution in [3.05, 3.63) is 94.2 Å². The quantitative estimate of drug-likeness (QED) is 0.267. The van der Waals surface area contributed by atoms with Crippen LogP contribution >= 0.6 is 23.2 Å². The Morgan fingerprint density at radius 3 is 2.39 bits per heavy atom. The normalized spacial score (nSPS) is 11.4. The number of amides is 1. The van der Waals surface area contributed by atoms with Gasteiger partial charge in [-0.15, -0.1) is 0 Å². The maximum atomic E-state index is 13.3. The van der Waals surface area contributed by atoms with Gasteiger partial charge in [-0.2, -0.15) is 5.10 Å². The molecule has 36 heavy (non-hydrogen) atoms. The van der Waals surface area contributed by atoms with E-state index < -0.39 is 11.5 Å². The molecule has 0 bridgehead atoms. The molecule has 0 saturated heterocycles. The number of anilines is 1. The third kappa shape index (κ3) is 5.99. The summed E-state index contributed by atoms with van der Waals surface area (Å²) in [6.07, 6.45) is 2.02. The molecule has 2 aromatic heterocycles. The van der Waals surface area contributed by atoms with Crippen LogP contribution in [0.3, 0.4) is 0 Å². The highest BCUT2D eigenvalue weighted by atomic mass is 35.5. The summed E-state index contributed by atoms with van der Waals surface area (Å²) < 4.78 is 1.48. The summed E-state index contributed by atoms with van der Waals surface area (Å²) in [5, 5.41) is 17.8. The summed E-state index contributed by atoms with van der Waals surface area (Å²) in [5.41, 5.74) is 1.21. The zero-order valence-electron chi connectivity index (χ0n) is 19.7. The molecule has 0 aliphatic rings. The van der Waals surface area contributed by atoms with E-state index in [0.29, 0.717) is 27.8 Å². The Bertz CT molecular complexity index is 1400. The average Bonchev–Trinajstić information content (AvgIpc) is 3.27. The number of hydrogen-bond acceptors (Lipinski definition) is 5. The smallest absolute Gasteiger partial charge is 0.258 e. The first kappa shape index (κ1) is 25.6. The highest BCUT2D eigenvalue weighted by molar-refractivity contribution is 6.38. The average molecular weight is 523 g/mol. The Morgan fingerprint density at radius 2 is 1.72 bits per heavy atom. The van der Waals surface area contributed by atoms with Crippen molar-refractivity contribution in [2.75, 3.05) is 5.32 Å². The molecule has 4 aromatic rings. The van der Waals surface area contributed by atoms with Crippen LogP contribution in [0.4, 0.5) is 5.82 Å². The van der Waals surface area contributed by atoms with E-state index in [1.54, 1.807) is 38.2 Å². The number of para-hydroxylation sites is 1. The van der Waals surface area contributed by atoms with E-state index in [0.717, 1.165) is 0 Å². The zero-order valence-corrected chi connectivity index (χ0v) is 21.2. The molecule has 0 saturated carbocycles. The third-order valence-electron chi connectivity index (χ3n) is 5.44. The number of ketones is 1. The molecule has 0 unspecified atom stereocenters. The second-order valence-corrected chi connectivity index (χ2v) is 9.69. The molecule has 1 amide bonds. The van der Waals surface area contributed by atoms with Gasteiger partial charge in [-0.1, -0.05) is 47.5 Å². The van der Waals surface area contributed by atoms with Crippen molar-refractivity contribution in [1.29, 1.82) is 0 Å². The Hall–Kier alpha value is -3.52. The van der Waals surface area contributed by atoms with Crippen LogP contribution in [0.1, 0.15) is 47.5 Å². The predicted octanol–water partition coefficient (Wildman–Crippen LogP) is 6.23. The molecule has 2 aromatic carbocycles. The summed E-state index contributed by atoms with van der Waals surface area (Å²) >= 11 is 12.8. The number of aromatic nitrogens is 3. The molecular formula is C27H24Cl2N4O3. The Morgan fingerprint density at radius 1 is 1.00 bits per heavy atom. The van der Waals surface area contributed by atoms with Crippen molar-refractivity contribution in [2.45, 2.75) is 32.3 Å². The van der Waals surface area contributed by atoms with Crippen LogP contribution in [-0.4, -0.2) is 37.2 Å². The molecule has 2 N–H and O–H groups in total. The molecule has 0 aliphatic heterocycles. The number of rotatable bonds is 8. The standard InChI is InChI=1S/C27H24Cl2N4O3/c1-27(2,36)12-11-24(34)23-16-25(33(32-23)17-8-4-3-5-9-17)31-26(35)19-14-18(20(28)15-21(19)29)22-10-6-7-13-30-22/h3-10,13-16,36H,11-12H2,1-2H3,(H,31,35). The summed E-state index contributed by atoms with van der Waals surface area (Å²) in [4.78, 5) is 30.4. The van der Waals surface area contributed by atoms with Gasteiger partial charge in [-0.25, -0.2) is 4.68 Å². The van der Waals surface area contributed by atoms with Crippen LogP contribution in [0.5, 0.6) is 0 Å². The predicted molar refractivity (Wildman–Crippen MR) is 141 cm³/mol. The number of carbonyl (C=O) groups is 2. The van der Waals surface area contributed by atoms with Crippen molar-refractivity contribution < 1.29 is 14.7 Å². The highest BCUT2D eigenvalue weighted by Crippen LogP contribution is 2.32. The first-order valence-electron chi connectivity index (χ1n) is 11.3. The molecule has 0 radical (unpaired) electrons. The summed E-state index contributed by atoms with van der Waals surface area (Å²) in [6.45, 7) is 3.28. The van der Waals surface area contributed by atoms with E-state index in [1.165, 1.54) is 16.8 Å². The summed E-state index contributed by atoms with van der Waals surface area (Å²) in [6, 6.07) is 19.1. The number of halogens is 2. The second-order valence-electron chi connectivity index (χ2n) is 8.88. The maximum absolute atomic E-state index is 13.3. The van der Waals surface area contributed by atoms with Gasteiger partial charge in [0.1, 0.15) is 11.5 Å². The highest BCUT2D eigenvalue weighted by Gasteiger charge is 2.22. The van der Waals surface area contributed by atoms with E-state index in [-0.39, 0.29) is 34.9 Å². The molecular weight excluding hydrogens is 499 g/mol. The van der Waals surface area contributed by atoms with Crippen LogP contribution in [0.25, 0.3) is 16.9 Å². The zero-order chi connectivity index (χ0) is 25.9. The fourth-order valence-electron chi connectivity index (χ4n) is 3.54. The Balaban J connectivity index is 1.68. The number of pyridine rings is 1. The molecule has 0 aliphatic carbocycles. The number of hydrogen-bond donors (Lipinski definition) is 2. The van der Waals surface area contributed by atoms with Crippen LogP contribution in [0.2, 0.25) is 10.0 Å². The number of nitrogens with one attached hydrogen (secondary N) is 1. The van der Waals surface area contributed by atoms with Crippen LogP contribution < -0.4 is 5.32 Å². The number of benzene rings is 2. The minimum absolute atomic E-state index is 0.110. The van der Waals surface area contributed by atoms with E-state index >= 15 is 0 Å². The van der Waals surface area contributed by atoms with Gasteiger partial charge in [0.05, 0.1) is 32.6 Å². The van der Waals surface area contributed by atoms with Crippen molar-refractivity contribution in [3.8, 4) is 16.9 Å². The number of Topliss-reactive ketones (excluding diaryl/α,β-unsaturated/α-hetero) is 1. The van der Waals surface area contributed by atoms with Crippen molar-refractivity contribution >= 4 is 40.7 Å². The molecule has 2 heterocycles. The van der Waals surface area contributed by atoms with E-state index in [9.17, 15) is 14.7 Å². The van der Waals surface area contributed by atoms with E-state index in [1.807, 2.05) is 36.4 Å². The number of nitrogens with zero attached hydrogens (tertiary/aromatic N) is 3. The van der Waals surface area contributed by atoms with Gasteiger partial charge >= 0.3 is 0 Å². The van der Waals surface area contributed by atoms with Gasteiger partial charge < -0.3 is 10.4 Å². The lowest BCUT2D eigenvalue weighted by molar-refractivity contribution is 0.0631. The molecule has 184 valence electrons. The largest absolute Gasteiger partial charge is 0.390 e. The summed E-state index contributed by atoms with van der Waals surface area (Å²) in [7, 11) is 0. The fourth-order valence-corrected chi connectivity index (χ4v) is 4.11. The van der Waals surface area contributed by atoms with Crippen molar-refractivity contribution in [2.24, 2.45) is 0 Å². The van der Waals surface area contributed by atoms with Crippen LogP contribution in [0, 0.1) is 0 Å². The lowest BCUT2D eigenvalue weighted by atomic mass is 10.0. The lowest BCUT2D eigenvalue weighted by Crippen LogP contribution is -2.20. The second kappa shape index (κ2) is 10.6. The minimum atomic E-state index is -0.981.